The average Bonchev–Trinajstić information content (AvgIpc) is 3.09. The smallest absolute Gasteiger partial charge is 0.321 e. The summed E-state index contributed by atoms with van der Waals surface area (Å²) in [5, 5.41) is 0. The Bertz CT molecular complexity index is 1160. The van der Waals surface area contributed by atoms with Gasteiger partial charge in [0.25, 0.3) is 11.8 Å². The van der Waals surface area contributed by atoms with Gasteiger partial charge in [0.1, 0.15) is 12.4 Å². The van der Waals surface area contributed by atoms with Crippen molar-refractivity contribution in [2.45, 2.75) is 24.9 Å². The fourth-order valence-corrected chi connectivity index (χ4v) is 4.55. The molecule has 34 heavy (non-hydrogen) atoms. The molecule has 1 spiro atoms. The van der Waals surface area contributed by atoms with Crippen molar-refractivity contribution in [1.82, 2.24) is 14.9 Å². The Morgan fingerprint density at radius 1 is 0.971 bits per heavy atom. The quantitative estimate of drug-likeness (QED) is 0.593. The van der Waals surface area contributed by atoms with E-state index < -0.39 is 5.60 Å². The maximum atomic E-state index is 13.3. The van der Waals surface area contributed by atoms with Gasteiger partial charge in [-0.05, 0) is 55.7 Å². The first-order valence-electron chi connectivity index (χ1n) is 11.5. The fourth-order valence-electron chi connectivity index (χ4n) is 4.55. The zero-order valence-electron chi connectivity index (χ0n) is 18.8. The van der Waals surface area contributed by atoms with Gasteiger partial charge in [0, 0.05) is 36.7 Å². The lowest BCUT2D eigenvalue weighted by Crippen LogP contribution is -2.55. The van der Waals surface area contributed by atoms with Crippen molar-refractivity contribution in [2.24, 2.45) is 0 Å². The molecule has 0 N–H and O–H groups in total. The Labute approximate surface area is 198 Å². The van der Waals surface area contributed by atoms with Crippen molar-refractivity contribution in [3.8, 4) is 11.8 Å². The summed E-state index contributed by atoms with van der Waals surface area (Å²) in [6.45, 7) is 1.75. The number of ether oxygens (including phenoxy) is 2. The van der Waals surface area contributed by atoms with Crippen molar-refractivity contribution in [2.75, 3.05) is 31.1 Å². The molecule has 5 rings (SSSR count). The third-order valence-electron chi connectivity index (χ3n) is 6.33. The number of morpholine rings is 1. The standard InChI is InChI=1S/C26H26N4O4/c31-23-18-33-26(19-30(23)21-8-2-1-3-9-21)11-5-15-29(16-12-26)24(32)20-7-4-10-22(17-20)34-25-27-13-6-14-28-25/h1-4,6-10,13-14,17H,5,11-12,15-16,18-19H2. The Kier molecular flexibility index (Phi) is 6.22. The minimum atomic E-state index is -0.450. The first kappa shape index (κ1) is 22.0. The molecule has 0 radical (unpaired) electrons. The number of rotatable bonds is 4. The van der Waals surface area contributed by atoms with Crippen molar-refractivity contribution in [1.29, 1.82) is 0 Å². The summed E-state index contributed by atoms with van der Waals surface area (Å²) in [5.41, 5.74) is 0.982. The van der Waals surface area contributed by atoms with Crippen molar-refractivity contribution in [3.05, 3.63) is 78.6 Å². The van der Waals surface area contributed by atoms with Crippen LogP contribution in [0.15, 0.2) is 73.1 Å². The van der Waals surface area contributed by atoms with Gasteiger partial charge in [-0.1, -0.05) is 24.3 Å². The molecule has 0 saturated carbocycles. The molecule has 0 aliphatic carbocycles. The van der Waals surface area contributed by atoms with Crippen LogP contribution in [0.2, 0.25) is 0 Å². The molecule has 0 bridgehead atoms. The summed E-state index contributed by atoms with van der Waals surface area (Å²) in [7, 11) is 0. The number of para-hydroxylation sites is 1. The number of carbonyl (C=O) groups excluding carboxylic acids is 2. The van der Waals surface area contributed by atoms with Crippen molar-refractivity contribution in [3.63, 3.8) is 0 Å². The second-order valence-electron chi connectivity index (χ2n) is 8.59. The monoisotopic (exact) mass is 458 g/mol. The molecule has 2 amide bonds. The van der Waals surface area contributed by atoms with Gasteiger partial charge < -0.3 is 19.3 Å². The van der Waals surface area contributed by atoms with E-state index in [4.69, 9.17) is 9.47 Å². The van der Waals surface area contributed by atoms with Crippen LogP contribution in [-0.2, 0) is 9.53 Å². The van der Waals surface area contributed by atoms with Crippen LogP contribution in [0.3, 0.4) is 0 Å². The molecule has 174 valence electrons. The summed E-state index contributed by atoms with van der Waals surface area (Å²) < 4.78 is 11.8. The van der Waals surface area contributed by atoms with Crippen LogP contribution in [0.1, 0.15) is 29.6 Å². The molecule has 2 saturated heterocycles. The third kappa shape index (κ3) is 4.77. The lowest BCUT2D eigenvalue weighted by Gasteiger charge is -2.42. The predicted octanol–water partition coefficient (Wildman–Crippen LogP) is 3.70. The second kappa shape index (κ2) is 9.61. The molecular weight excluding hydrogens is 432 g/mol. The Hall–Kier alpha value is -3.78. The number of carbonyl (C=O) groups is 2. The Balaban J connectivity index is 1.27. The fraction of sp³-hybridized carbons (Fsp3) is 0.308. The number of aromatic nitrogens is 2. The summed E-state index contributed by atoms with van der Waals surface area (Å²) >= 11 is 0. The van der Waals surface area contributed by atoms with Crippen molar-refractivity contribution >= 4 is 17.5 Å². The molecule has 2 aliphatic heterocycles. The number of likely N-dealkylation sites (tertiary alicyclic amines) is 1. The number of amides is 2. The highest BCUT2D eigenvalue weighted by molar-refractivity contribution is 5.95. The number of hydrogen-bond acceptors (Lipinski definition) is 6. The van der Waals surface area contributed by atoms with Crippen LogP contribution >= 0.6 is 0 Å². The predicted molar refractivity (Wildman–Crippen MR) is 126 cm³/mol. The molecule has 1 atom stereocenters. The molecule has 2 aliphatic rings. The normalized spacial score (nSPS) is 20.8. The Morgan fingerprint density at radius 2 is 1.79 bits per heavy atom. The van der Waals surface area contributed by atoms with E-state index in [1.807, 2.05) is 40.1 Å². The van der Waals surface area contributed by atoms with Gasteiger partial charge in [-0.3, -0.25) is 9.59 Å². The number of benzene rings is 2. The Morgan fingerprint density at radius 3 is 2.62 bits per heavy atom. The molecule has 3 heterocycles. The second-order valence-corrected chi connectivity index (χ2v) is 8.59. The van der Waals surface area contributed by atoms with E-state index in [2.05, 4.69) is 9.97 Å². The maximum absolute atomic E-state index is 13.3. The SMILES string of the molecule is O=C(c1cccc(Oc2ncccn2)c1)N1CCCC2(CC1)CN(c1ccccc1)C(=O)CO2. The van der Waals surface area contributed by atoms with E-state index in [1.54, 1.807) is 42.7 Å². The van der Waals surface area contributed by atoms with Gasteiger partial charge in [0.15, 0.2) is 0 Å². The average molecular weight is 459 g/mol. The highest BCUT2D eigenvalue weighted by Crippen LogP contribution is 2.33. The summed E-state index contributed by atoms with van der Waals surface area (Å²) in [6.07, 6.45) is 5.47. The molecule has 1 aromatic heterocycles. The van der Waals surface area contributed by atoms with Crippen LogP contribution in [0.25, 0.3) is 0 Å². The lowest BCUT2D eigenvalue weighted by molar-refractivity contribution is -0.140. The highest BCUT2D eigenvalue weighted by atomic mass is 16.5. The first-order valence-corrected chi connectivity index (χ1v) is 11.5. The summed E-state index contributed by atoms with van der Waals surface area (Å²) in [4.78, 5) is 37.6. The zero-order chi connectivity index (χ0) is 23.4. The molecule has 2 aromatic carbocycles. The van der Waals surface area contributed by atoms with Crippen LogP contribution < -0.4 is 9.64 Å². The minimum Gasteiger partial charge on any atom is -0.424 e. The molecular formula is C26H26N4O4. The minimum absolute atomic E-state index is 0.0341. The molecule has 1 unspecified atom stereocenters. The number of nitrogens with zero attached hydrogens (tertiary/aromatic N) is 4. The zero-order valence-corrected chi connectivity index (χ0v) is 18.8. The summed E-state index contributed by atoms with van der Waals surface area (Å²) in [6, 6.07) is 18.7. The largest absolute Gasteiger partial charge is 0.424 e. The van der Waals surface area contributed by atoms with E-state index in [9.17, 15) is 9.59 Å². The van der Waals surface area contributed by atoms with Gasteiger partial charge in [-0.25, -0.2) is 9.97 Å². The van der Waals surface area contributed by atoms with E-state index in [-0.39, 0.29) is 24.4 Å². The van der Waals surface area contributed by atoms with Crippen LogP contribution in [0.5, 0.6) is 11.8 Å². The lowest BCUT2D eigenvalue weighted by atomic mass is 9.92. The van der Waals surface area contributed by atoms with Crippen LogP contribution in [0, 0.1) is 0 Å². The van der Waals surface area contributed by atoms with E-state index >= 15 is 0 Å². The summed E-state index contributed by atoms with van der Waals surface area (Å²) in [5.74, 6) is 0.424. The van der Waals surface area contributed by atoms with Crippen molar-refractivity contribution < 1.29 is 19.1 Å². The van der Waals surface area contributed by atoms with Crippen LogP contribution in [-0.4, -0.2) is 58.5 Å². The van der Waals surface area contributed by atoms with E-state index in [0.29, 0.717) is 37.4 Å². The molecule has 2 fully saturated rings. The first-order chi connectivity index (χ1) is 16.6. The van der Waals surface area contributed by atoms with E-state index in [1.165, 1.54) is 0 Å². The number of anilines is 1. The molecule has 3 aromatic rings. The molecule has 8 heteroatoms. The third-order valence-corrected chi connectivity index (χ3v) is 6.33. The van der Waals surface area contributed by atoms with Gasteiger partial charge in [-0.15, -0.1) is 0 Å². The van der Waals surface area contributed by atoms with Gasteiger partial charge in [0.2, 0.25) is 0 Å². The van der Waals surface area contributed by atoms with Gasteiger partial charge in [-0.2, -0.15) is 0 Å². The van der Waals surface area contributed by atoms with E-state index in [0.717, 1.165) is 18.5 Å². The number of hydrogen-bond donors (Lipinski definition) is 0. The van der Waals surface area contributed by atoms with Gasteiger partial charge in [0.05, 0.1) is 12.1 Å². The molecule has 8 nitrogen and oxygen atoms in total. The maximum Gasteiger partial charge on any atom is 0.321 e. The topological polar surface area (TPSA) is 84.9 Å². The highest BCUT2D eigenvalue weighted by Gasteiger charge is 2.42. The van der Waals surface area contributed by atoms with Crippen LogP contribution in [0.4, 0.5) is 5.69 Å². The van der Waals surface area contributed by atoms with Gasteiger partial charge >= 0.3 is 6.01 Å².